The molecule has 3 saturated heterocycles. The van der Waals surface area contributed by atoms with Crippen LogP contribution in [0.3, 0.4) is 0 Å². The van der Waals surface area contributed by atoms with Gasteiger partial charge in [-0.15, -0.1) is 0 Å². The fraction of sp³-hybridized carbons (Fsp3) is 0.759. The van der Waals surface area contributed by atoms with Crippen molar-refractivity contribution in [3.63, 3.8) is 0 Å². The second kappa shape index (κ2) is 37.9. The fourth-order valence-corrected chi connectivity index (χ4v) is 8.57. The molecule has 3 rings (SSSR count). The highest BCUT2D eigenvalue weighted by Gasteiger charge is 2.53. The van der Waals surface area contributed by atoms with Crippen LogP contribution in [-0.2, 0) is 33.2 Å². The normalized spacial score (nSPS) is 32.3. The Morgan fingerprint density at radius 2 is 0.945 bits per heavy atom. The first-order valence-electron chi connectivity index (χ1n) is 26.7. The lowest BCUT2D eigenvalue weighted by molar-refractivity contribution is -0.379. The van der Waals surface area contributed by atoms with Gasteiger partial charge in [-0.25, -0.2) is 0 Å². The molecule has 0 aliphatic carbocycles. The van der Waals surface area contributed by atoms with Gasteiger partial charge in [0.1, 0.15) is 73.2 Å². The van der Waals surface area contributed by atoms with Crippen molar-refractivity contribution in [2.75, 3.05) is 26.4 Å². The SMILES string of the molecule is CC/C=C\C/C=C\C/C=C\C/C=C\C/C=C\CCCCCCCCCCCC(=O)NC(COC1OC(CO)C(OC2OC(CO)C(OC3OC(CO)C(O)C(O)C3O)C(O)C2O)C(O)C1O)C(O)/C=C/CCC. The van der Waals surface area contributed by atoms with E-state index in [1.54, 1.807) is 12.2 Å². The molecule has 3 aliphatic rings. The van der Waals surface area contributed by atoms with Crippen molar-refractivity contribution in [3.8, 4) is 0 Å². The molecule has 0 aromatic carbocycles. The topological polar surface area (TPSA) is 307 Å². The van der Waals surface area contributed by atoms with Crippen molar-refractivity contribution in [2.24, 2.45) is 0 Å². The molecular formula is C54H91NO18. The second-order valence-corrected chi connectivity index (χ2v) is 19.0. The van der Waals surface area contributed by atoms with E-state index in [1.165, 1.54) is 25.7 Å². The van der Waals surface area contributed by atoms with Crippen LogP contribution in [0.1, 0.15) is 129 Å². The van der Waals surface area contributed by atoms with E-state index in [0.717, 1.165) is 70.6 Å². The zero-order chi connectivity index (χ0) is 53.4. The Morgan fingerprint density at radius 1 is 0.507 bits per heavy atom. The molecule has 0 saturated carbocycles. The monoisotopic (exact) mass is 1040 g/mol. The molecule has 3 heterocycles. The van der Waals surface area contributed by atoms with Crippen LogP contribution in [0.5, 0.6) is 0 Å². The summed E-state index contributed by atoms with van der Waals surface area (Å²) in [6.45, 7) is 1.32. The van der Waals surface area contributed by atoms with Crippen molar-refractivity contribution < 1.29 is 89.4 Å². The summed E-state index contributed by atoms with van der Waals surface area (Å²) in [6.07, 6.45) is 16.0. The number of allylic oxidation sites excluding steroid dienone is 11. The molecule has 73 heavy (non-hydrogen) atoms. The van der Waals surface area contributed by atoms with Crippen LogP contribution in [0.2, 0.25) is 0 Å². The number of hydrogen-bond acceptors (Lipinski definition) is 18. The number of carbonyl (C=O) groups excluding carboxylic acids is 1. The van der Waals surface area contributed by atoms with Crippen LogP contribution in [-0.4, -0.2) is 193 Å². The Bertz CT molecular complexity index is 1620. The molecular weight excluding hydrogens is 951 g/mol. The lowest BCUT2D eigenvalue weighted by Crippen LogP contribution is -2.66. The predicted molar refractivity (Wildman–Crippen MR) is 272 cm³/mol. The highest BCUT2D eigenvalue weighted by Crippen LogP contribution is 2.33. The molecule has 0 radical (unpaired) electrons. The smallest absolute Gasteiger partial charge is 0.220 e. The van der Waals surface area contributed by atoms with Gasteiger partial charge < -0.3 is 89.9 Å². The van der Waals surface area contributed by atoms with Gasteiger partial charge in [-0.3, -0.25) is 4.79 Å². The molecule has 0 aromatic heterocycles. The number of hydrogen-bond donors (Lipinski definition) is 12. The molecule has 12 N–H and O–H groups in total. The average molecular weight is 1040 g/mol. The minimum atomic E-state index is -1.98. The van der Waals surface area contributed by atoms with Gasteiger partial charge in [0.05, 0.1) is 38.6 Å². The average Bonchev–Trinajstić information content (AvgIpc) is 3.38. The summed E-state index contributed by atoms with van der Waals surface area (Å²) in [5.74, 6) is -0.300. The number of ether oxygens (including phenoxy) is 6. The lowest BCUT2D eigenvalue weighted by Gasteiger charge is -2.48. The van der Waals surface area contributed by atoms with Crippen molar-refractivity contribution in [2.45, 2.75) is 234 Å². The Hall–Kier alpha value is -2.77. The third-order valence-corrected chi connectivity index (χ3v) is 13.0. The van der Waals surface area contributed by atoms with Gasteiger partial charge in [0.15, 0.2) is 18.9 Å². The minimum absolute atomic E-state index is 0.228. The predicted octanol–water partition coefficient (Wildman–Crippen LogP) is 2.70. The first-order chi connectivity index (χ1) is 35.3. The summed E-state index contributed by atoms with van der Waals surface area (Å²) < 4.78 is 33.9. The Balaban J connectivity index is 1.37. The highest BCUT2D eigenvalue weighted by molar-refractivity contribution is 5.76. The maximum atomic E-state index is 13.1. The Morgan fingerprint density at radius 3 is 1.45 bits per heavy atom. The van der Waals surface area contributed by atoms with E-state index in [9.17, 15) is 61.0 Å². The third kappa shape index (κ3) is 23.2. The second-order valence-electron chi connectivity index (χ2n) is 19.0. The van der Waals surface area contributed by atoms with Crippen molar-refractivity contribution in [1.82, 2.24) is 5.32 Å². The van der Waals surface area contributed by atoms with E-state index >= 15 is 0 Å². The van der Waals surface area contributed by atoms with E-state index in [0.29, 0.717) is 12.8 Å². The first kappa shape index (κ1) is 64.5. The summed E-state index contributed by atoms with van der Waals surface area (Å²) >= 11 is 0. The van der Waals surface area contributed by atoms with Crippen molar-refractivity contribution in [3.05, 3.63) is 72.9 Å². The molecule has 0 spiro atoms. The number of unbranched alkanes of at least 4 members (excludes halogenated alkanes) is 10. The zero-order valence-corrected chi connectivity index (χ0v) is 43.1. The molecule has 3 aliphatic heterocycles. The van der Waals surface area contributed by atoms with Crippen molar-refractivity contribution in [1.29, 1.82) is 0 Å². The minimum Gasteiger partial charge on any atom is -0.394 e. The summed E-state index contributed by atoms with van der Waals surface area (Å²) in [5, 5.41) is 119. The van der Waals surface area contributed by atoms with Gasteiger partial charge in [0.25, 0.3) is 0 Å². The highest BCUT2D eigenvalue weighted by atomic mass is 16.8. The van der Waals surface area contributed by atoms with Gasteiger partial charge >= 0.3 is 0 Å². The molecule has 17 unspecified atom stereocenters. The van der Waals surface area contributed by atoms with E-state index < -0.39 is 124 Å². The quantitative estimate of drug-likeness (QED) is 0.0317. The number of carbonyl (C=O) groups is 1. The summed E-state index contributed by atoms with van der Waals surface area (Å²) in [6, 6.07) is -0.975. The zero-order valence-electron chi connectivity index (χ0n) is 43.1. The first-order valence-corrected chi connectivity index (χ1v) is 26.7. The molecule has 1 amide bonds. The Kier molecular flexibility index (Phi) is 33.5. The molecule has 19 nitrogen and oxygen atoms in total. The van der Waals surface area contributed by atoms with Gasteiger partial charge in [-0.2, -0.15) is 0 Å². The van der Waals surface area contributed by atoms with Crippen LogP contribution in [0.25, 0.3) is 0 Å². The van der Waals surface area contributed by atoms with Crippen LogP contribution in [0.4, 0.5) is 0 Å². The maximum absolute atomic E-state index is 13.1. The summed E-state index contributed by atoms with van der Waals surface area (Å²) in [4.78, 5) is 13.1. The van der Waals surface area contributed by atoms with Gasteiger partial charge in [0, 0.05) is 6.42 Å². The fourth-order valence-electron chi connectivity index (χ4n) is 8.57. The maximum Gasteiger partial charge on any atom is 0.220 e. The van der Waals surface area contributed by atoms with Crippen LogP contribution in [0.15, 0.2) is 72.9 Å². The molecule has 3 fully saturated rings. The van der Waals surface area contributed by atoms with Crippen LogP contribution in [0, 0.1) is 0 Å². The van der Waals surface area contributed by atoms with Gasteiger partial charge in [0.2, 0.25) is 5.91 Å². The summed E-state index contributed by atoms with van der Waals surface area (Å²) in [5.41, 5.74) is 0. The molecule has 19 heteroatoms. The molecule has 420 valence electrons. The van der Waals surface area contributed by atoms with E-state index in [1.807, 2.05) is 6.92 Å². The van der Waals surface area contributed by atoms with Crippen LogP contribution < -0.4 is 5.32 Å². The van der Waals surface area contributed by atoms with Crippen molar-refractivity contribution >= 4 is 5.91 Å². The standard InChI is InChI=1S/C54H91NO18/c1-3-5-7-8-9-10-11-12-13-14-15-16-17-18-19-20-21-22-23-24-25-26-27-28-30-32-42(60)55-37(38(59)31-29-6-4-2)36-68-52-48(66)45(63)50(40(34-57)70-52)73-54-49(67)46(64)51(41(35-58)71-54)72-53-47(65)44(62)43(61)39(33-56)69-53/h5,7,9-10,12-13,15-16,18-19,29,31,37-41,43-54,56-59,61-67H,3-4,6,8,11,14,17,20-28,30,32-36H2,1-2H3,(H,55,60)/b7-5-,10-9-,13-12-,16-15-,19-18-,31-29+. The number of amides is 1. The largest absolute Gasteiger partial charge is 0.394 e. The lowest BCUT2D eigenvalue weighted by atomic mass is 9.96. The summed E-state index contributed by atoms with van der Waals surface area (Å²) in [7, 11) is 0. The van der Waals surface area contributed by atoms with E-state index in [-0.39, 0.29) is 18.9 Å². The third-order valence-electron chi connectivity index (χ3n) is 13.0. The van der Waals surface area contributed by atoms with Gasteiger partial charge in [-0.05, 0) is 57.8 Å². The van der Waals surface area contributed by atoms with Crippen LogP contribution >= 0.6 is 0 Å². The Labute approximate surface area is 432 Å². The number of aliphatic hydroxyl groups is 11. The van der Waals surface area contributed by atoms with E-state index in [4.69, 9.17) is 28.4 Å². The number of nitrogens with one attached hydrogen (secondary N) is 1. The number of aliphatic hydroxyl groups excluding tert-OH is 11. The van der Waals surface area contributed by atoms with E-state index in [2.05, 4.69) is 73.0 Å². The van der Waals surface area contributed by atoms with Gasteiger partial charge in [-0.1, -0.05) is 138 Å². The number of rotatable bonds is 36. The molecule has 17 atom stereocenters. The molecule has 0 bridgehead atoms. The molecule has 0 aromatic rings.